The van der Waals surface area contributed by atoms with Crippen LogP contribution in [0, 0.1) is 5.53 Å². The van der Waals surface area contributed by atoms with E-state index in [0.29, 0.717) is 5.69 Å². The molecule has 0 amide bonds. The monoisotopic (exact) mass is 318 g/mol. The van der Waals surface area contributed by atoms with Gasteiger partial charge in [0.1, 0.15) is 5.75 Å². The Kier molecular flexibility index (Phi) is 12.2. The molecule has 0 aromatic heterocycles. The van der Waals surface area contributed by atoms with E-state index in [1.54, 1.807) is 0 Å². The fourth-order valence-corrected chi connectivity index (χ4v) is 2.75. The first kappa shape index (κ1) is 19.7. The molecule has 3 nitrogen and oxygen atoms in total. The Labute approximate surface area is 142 Å². The van der Waals surface area contributed by atoms with E-state index in [0.717, 1.165) is 18.8 Å². The van der Waals surface area contributed by atoms with Crippen molar-refractivity contribution < 1.29 is 4.74 Å². The summed E-state index contributed by atoms with van der Waals surface area (Å²) in [5.74, 6) is 0.875. The Hall–Kier alpha value is -1.38. The molecule has 0 heterocycles. The first-order valence-electron chi connectivity index (χ1n) is 9.47. The molecule has 3 heteroatoms. The van der Waals surface area contributed by atoms with Crippen molar-refractivity contribution in [1.29, 1.82) is 5.53 Å². The zero-order valence-corrected chi connectivity index (χ0v) is 14.9. The molecule has 0 aliphatic carbocycles. The van der Waals surface area contributed by atoms with Crippen LogP contribution in [0.25, 0.3) is 0 Å². The molecule has 1 aromatic carbocycles. The topological polar surface area (TPSA) is 45.4 Å². The number of benzene rings is 1. The first-order chi connectivity index (χ1) is 11.4. The Morgan fingerprint density at radius 3 is 1.70 bits per heavy atom. The highest BCUT2D eigenvalue weighted by atomic mass is 16.5. The lowest BCUT2D eigenvalue weighted by atomic mass is 10.1. The highest BCUT2D eigenvalue weighted by Gasteiger charge is 1.96. The molecule has 0 radical (unpaired) electrons. The van der Waals surface area contributed by atoms with Gasteiger partial charge in [0.25, 0.3) is 0 Å². The van der Waals surface area contributed by atoms with Gasteiger partial charge in [0, 0.05) is 0 Å². The van der Waals surface area contributed by atoms with Crippen LogP contribution in [0.15, 0.2) is 29.4 Å². The number of rotatable bonds is 15. The normalized spacial score (nSPS) is 10.7. The van der Waals surface area contributed by atoms with Crippen LogP contribution >= 0.6 is 0 Å². The molecule has 0 bridgehead atoms. The summed E-state index contributed by atoms with van der Waals surface area (Å²) >= 11 is 0. The van der Waals surface area contributed by atoms with E-state index < -0.39 is 0 Å². The standard InChI is InChI=1S/C20H34N2O/c1-2-3-4-5-6-7-8-9-10-11-12-13-18-23-20-16-14-19(22-21)15-17-20/h14-17,21H,2-13,18H2,1H3. The van der Waals surface area contributed by atoms with Gasteiger partial charge in [0.2, 0.25) is 0 Å². The number of hydrogen-bond acceptors (Lipinski definition) is 3. The van der Waals surface area contributed by atoms with Crippen molar-refractivity contribution in [2.75, 3.05) is 6.61 Å². The lowest BCUT2D eigenvalue weighted by Gasteiger charge is -2.06. The molecule has 1 rings (SSSR count). The lowest BCUT2D eigenvalue weighted by molar-refractivity contribution is 0.304. The van der Waals surface area contributed by atoms with Crippen molar-refractivity contribution in [1.82, 2.24) is 0 Å². The number of ether oxygens (including phenoxy) is 1. The van der Waals surface area contributed by atoms with E-state index >= 15 is 0 Å². The summed E-state index contributed by atoms with van der Waals surface area (Å²) in [4.78, 5) is 0. The molecule has 0 atom stereocenters. The van der Waals surface area contributed by atoms with Gasteiger partial charge < -0.3 is 4.74 Å². The molecule has 23 heavy (non-hydrogen) atoms. The molecule has 0 aliphatic heterocycles. The van der Waals surface area contributed by atoms with Gasteiger partial charge >= 0.3 is 0 Å². The molecule has 0 saturated heterocycles. The summed E-state index contributed by atoms with van der Waals surface area (Å²) in [5, 5.41) is 3.38. The third-order valence-electron chi connectivity index (χ3n) is 4.23. The molecule has 0 saturated carbocycles. The van der Waals surface area contributed by atoms with Crippen LogP contribution in [0.4, 0.5) is 5.69 Å². The molecule has 1 aromatic rings. The smallest absolute Gasteiger partial charge is 0.119 e. The summed E-state index contributed by atoms with van der Waals surface area (Å²) in [7, 11) is 0. The quantitative estimate of drug-likeness (QED) is 0.265. The summed E-state index contributed by atoms with van der Waals surface area (Å²) in [6, 6.07) is 7.39. The van der Waals surface area contributed by atoms with Crippen LogP contribution in [-0.2, 0) is 0 Å². The zero-order chi connectivity index (χ0) is 16.6. The summed E-state index contributed by atoms with van der Waals surface area (Å²) in [6.07, 6.45) is 16.4. The fourth-order valence-electron chi connectivity index (χ4n) is 2.75. The summed E-state index contributed by atoms with van der Waals surface area (Å²) in [6.45, 7) is 3.06. The minimum Gasteiger partial charge on any atom is -0.494 e. The van der Waals surface area contributed by atoms with Crippen LogP contribution < -0.4 is 4.74 Å². The van der Waals surface area contributed by atoms with E-state index in [1.165, 1.54) is 70.6 Å². The third-order valence-corrected chi connectivity index (χ3v) is 4.23. The Morgan fingerprint density at radius 1 is 0.739 bits per heavy atom. The van der Waals surface area contributed by atoms with Gasteiger partial charge in [-0.2, -0.15) is 5.11 Å². The van der Waals surface area contributed by atoms with Crippen LogP contribution in [0.1, 0.15) is 84.0 Å². The van der Waals surface area contributed by atoms with Gasteiger partial charge in [-0.1, -0.05) is 77.6 Å². The highest BCUT2D eigenvalue weighted by molar-refractivity contribution is 5.40. The maximum absolute atomic E-state index is 6.91. The van der Waals surface area contributed by atoms with Crippen molar-refractivity contribution in [2.45, 2.75) is 84.0 Å². The molecule has 0 aliphatic rings. The molecule has 130 valence electrons. The average molecular weight is 319 g/mol. The molecule has 1 N–H and O–H groups in total. The van der Waals surface area contributed by atoms with E-state index in [1.807, 2.05) is 24.3 Å². The lowest BCUT2D eigenvalue weighted by Crippen LogP contribution is -1.96. The van der Waals surface area contributed by atoms with Crippen LogP contribution in [0.3, 0.4) is 0 Å². The predicted octanol–water partition coefficient (Wildman–Crippen LogP) is 7.43. The third kappa shape index (κ3) is 10.9. The van der Waals surface area contributed by atoms with Gasteiger partial charge in [0.15, 0.2) is 0 Å². The second kappa shape index (κ2) is 14.2. The first-order valence-corrected chi connectivity index (χ1v) is 9.47. The molecular formula is C20H34N2O. The van der Waals surface area contributed by atoms with Crippen LogP contribution in [-0.4, -0.2) is 6.61 Å². The Morgan fingerprint density at radius 2 is 1.22 bits per heavy atom. The number of hydrogen-bond donors (Lipinski definition) is 1. The maximum atomic E-state index is 6.91. The fraction of sp³-hybridized carbons (Fsp3) is 0.700. The Balaban J connectivity index is 1.83. The van der Waals surface area contributed by atoms with Gasteiger partial charge in [-0.15, -0.1) is 0 Å². The van der Waals surface area contributed by atoms with Gasteiger partial charge in [-0.3, -0.25) is 0 Å². The van der Waals surface area contributed by atoms with Crippen molar-refractivity contribution >= 4 is 5.69 Å². The number of nitrogens with one attached hydrogen (secondary N) is 1. The maximum Gasteiger partial charge on any atom is 0.119 e. The zero-order valence-electron chi connectivity index (χ0n) is 14.9. The second-order valence-corrected chi connectivity index (χ2v) is 6.34. The van der Waals surface area contributed by atoms with Gasteiger partial charge in [-0.25, -0.2) is 5.53 Å². The highest BCUT2D eigenvalue weighted by Crippen LogP contribution is 2.18. The summed E-state index contributed by atoms with van der Waals surface area (Å²) < 4.78 is 5.69. The minimum atomic E-state index is 0.669. The van der Waals surface area contributed by atoms with E-state index in [9.17, 15) is 0 Å². The largest absolute Gasteiger partial charge is 0.494 e. The van der Waals surface area contributed by atoms with E-state index in [4.69, 9.17) is 10.3 Å². The predicted molar refractivity (Wildman–Crippen MR) is 97.8 cm³/mol. The van der Waals surface area contributed by atoms with E-state index in [2.05, 4.69) is 12.0 Å². The van der Waals surface area contributed by atoms with Crippen molar-refractivity contribution in [3.8, 4) is 5.75 Å². The Bertz CT molecular complexity index is 389. The molecule has 0 unspecified atom stereocenters. The van der Waals surface area contributed by atoms with Gasteiger partial charge in [0.05, 0.1) is 12.3 Å². The van der Waals surface area contributed by atoms with E-state index in [-0.39, 0.29) is 0 Å². The average Bonchev–Trinajstić information content (AvgIpc) is 2.59. The van der Waals surface area contributed by atoms with Crippen molar-refractivity contribution in [2.24, 2.45) is 5.11 Å². The molecule has 0 spiro atoms. The summed E-state index contributed by atoms with van der Waals surface area (Å²) in [5.41, 5.74) is 7.58. The van der Waals surface area contributed by atoms with Crippen LogP contribution in [0.5, 0.6) is 5.75 Å². The number of nitrogens with zero attached hydrogens (tertiary/aromatic N) is 1. The minimum absolute atomic E-state index is 0.669. The second-order valence-electron chi connectivity index (χ2n) is 6.34. The van der Waals surface area contributed by atoms with Crippen LogP contribution in [0.2, 0.25) is 0 Å². The number of unbranched alkanes of at least 4 members (excludes halogenated alkanes) is 11. The SMILES string of the molecule is CCCCCCCCCCCCCCOc1ccc(N=N)cc1. The van der Waals surface area contributed by atoms with Crippen molar-refractivity contribution in [3.63, 3.8) is 0 Å². The van der Waals surface area contributed by atoms with Crippen molar-refractivity contribution in [3.05, 3.63) is 24.3 Å². The molecular weight excluding hydrogens is 284 g/mol. The van der Waals surface area contributed by atoms with Gasteiger partial charge in [-0.05, 0) is 30.7 Å². The molecule has 0 fully saturated rings.